The minimum Gasteiger partial charge on any atom is -0.435 e. The highest BCUT2D eigenvalue weighted by Crippen LogP contribution is 2.24. The maximum atomic E-state index is 12.2. The number of rotatable bonds is 6. The van der Waals surface area contributed by atoms with Gasteiger partial charge in [-0.05, 0) is 18.6 Å². The minimum atomic E-state index is -3.04. The second kappa shape index (κ2) is 7.16. The van der Waals surface area contributed by atoms with E-state index >= 15 is 0 Å². The number of imidazole rings is 1. The van der Waals surface area contributed by atoms with Gasteiger partial charge in [0.25, 0.3) is 0 Å². The Labute approximate surface area is 146 Å². The largest absolute Gasteiger partial charge is 0.435 e. The van der Waals surface area contributed by atoms with Crippen molar-refractivity contribution in [3.8, 4) is 5.75 Å². The van der Waals surface area contributed by atoms with Gasteiger partial charge in [-0.2, -0.15) is 8.78 Å². The van der Waals surface area contributed by atoms with Crippen LogP contribution >= 0.6 is 11.8 Å². The predicted molar refractivity (Wildman–Crippen MR) is 88.7 cm³/mol. The van der Waals surface area contributed by atoms with Crippen molar-refractivity contribution in [2.24, 2.45) is 0 Å². The number of H-pyrrole nitrogens is 1. The first-order valence-electron chi connectivity index (χ1n) is 7.38. The number of halogens is 2. The fourth-order valence-electron chi connectivity index (χ4n) is 2.52. The van der Waals surface area contributed by atoms with Gasteiger partial charge in [0.2, 0.25) is 5.91 Å². The number of sulfone groups is 1. The summed E-state index contributed by atoms with van der Waals surface area (Å²) in [7, 11) is -3.04. The number of ether oxygens (including phenoxy) is 1. The molecule has 1 unspecified atom stereocenters. The number of carbonyl (C=O) groups excluding carboxylic acids is 1. The third-order valence-electron chi connectivity index (χ3n) is 3.59. The summed E-state index contributed by atoms with van der Waals surface area (Å²) >= 11 is 1.14. The predicted octanol–water partition coefficient (Wildman–Crippen LogP) is 1.56. The topological polar surface area (TPSA) is 101 Å². The molecule has 1 fully saturated rings. The Bertz CT molecular complexity index is 885. The Balaban J connectivity index is 1.56. The van der Waals surface area contributed by atoms with Gasteiger partial charge in [0.15, 0.2) is 15.0 Å². The highest BCUT2D eigenvalue weighted by molar-refractivity contribution is 7.99. The first kappa shape index (κ1) is 17.9. The molecule has 1 aliphatic rings. The fraction of sp³-hybridized carbons (Fsp3) is 0.429. The summed E-state index contributed by atoms with van der Waals surface area (Å²) in [5.74, 6) is -0.132. The van der Waals surface area contributed by atoms with E-state index in [0.717, 1.165) is 11.8 Å². The van der Waals surface area contributed by atoms with Crippen LogP contribution in [0.25, 0.3) is 11.0 Å². The SMILES string of the molecule is O=C(CSc1nc2ccc(OC(F)F)cc2[nH]1)NC1CCS(=O)(=O)C1. The molecule has 1 aromatic carbocycles. The lowest BCUT2D eigenvalue weighted by atomic mass is 10.3. The highest BCUT2D eigenvalue weighted by atomic mass is 32.2. The molecular formula is C14H15F2N3O4S2. The van der Waals surface area contributed by atoms with Gasteiger partial charge in [-0.3, -0.25) is 4.79 Å². The second-order valence-electron chi connectivity index (χ2n) is 5.56. The van der Waals surface area contributed by atoms with Crippen LogP contribution in [0.3, 0.4) is 0 Å². The van der Waals surface area contributed by atoms with Gasteiger partial charge in [-0.15, -0.1) is 0 Å². The lowest BCUT2D eigenvalue weighted by Crippen LogP contribution is -2.36. The van der Waals surface area contributed by atoms with Gasteiger partial charge < -0.3 is 15.0 Å². The van der Waals surface area contributed by atoms with Crippen molar-refractivity contribution in [1.82, 2.24) is 15.3 Å². The van der Waals surface area contributed by atoms with Gasteiger partial charge >= 0.3 is 6.61 Å². The normalized spacial score (nSPS) is 19.4. The molecule has 3 rings (SSSR count). The maximum absolute atomic E-state index is 12.2. The van der Waals surface area contributed by atoms with Crippen LogP contribution in [-0.4, -0.2) is 54.2 Å². The van der Waals surface area contributed by atoms with E-state index in [1.807, 2.05) is 0 Å². The molecule has 1 aliphatic heterocycles. The number of amides is 1. The molecule has 0 saturated carbocycles. The van der Waals surface area contributed by atoms with E-state index in [0.29, 0.717) is 22.6 Å². The number of aromatic amines is 1. The molecular weight excluding hydrogens is 376 g/mol. The summed E-state index contributed by atoms with van der Waals surface area (Å²) in [6, 6.07) is 3.98. The minimum absolute atomic E-state index is 0.0166. The molecule has 25 heavy (non-hydrogen) atoms. The van der Waals surface area contributed by atoms with E-state index in [4.69, 9.17) is 0 Å². The average molecular weight is 391 g/mol. The second-order valence-corrected chi connectivity index (χ2v) is 8.75. The van der Waals surface area contributed by atoms with Crippen LogP contribution in [0.4, 0.5) is 8.78 Å². The summed E-state index contributed by atoms with van der Waals surface area (Å²) in [5, 5.41) is 3.14. The monoisotopic (exact) mass is 391 g/mol. The van der Waals surface area contributed by atoms with Gasteiger partial charge in [-0.1, -0.05) is 11.8 Å². The van der Waals surface area contributed by atoms with Gasteiger partial charge in [0.1, 0.15) is 5.75 Å². The van der Waals surface area contributed by atoms with Crippen LogP contribution in [0, 0.1) is 0 Å². The molecule has 0 bridgehead atoms. The van der Waals surface area contributed by atoms with Crippen molar-refractivity contribution in [2.75, 3.05) is 17.3 Å². The quantitative estimate of drug-likeness (QED) is 0.725. The molecule has 1 saturated heterocycles. The van der Waals surface area contributed by atoms with E-state index in [1.54, 1.807) is 0 Å². The Hall–Kier alpha value is -1.88. The molecule has 0 radical (unpaired) electrons. The molecule has 0 spiro atoms. The first-order valence-corrected chi connectivity index (χ1v) is 10.2. The fourth-order valence-corrected chi connectivity index (χ4v) is 4.89. The molecule has 2 heterocycles. The van der Waals surface area contributed by atoms with Crippen LogP contribution < -0.4 is 10.1 Å². The van der Waals surface area contributed by atoms with E-state index in [1.165, 1.54) is 18.2 Å². The first-order chi connectivity index (χ1) is 11.8. The van der Waals surface area contributed by atoms with Gasteiger partial charge in [-0.25, -0.2) is 13.4 Å². The Kier molecular flexibility index (Phi) is 5.13. The molecule has 136 valence electrons. The van der Waals surface area contributed by atoms with E-state index in [-0.39, 0.29) is 35.0 Å². The molecule has 1 atom stereocenters. The number of hydrogen-bond donors (Lipinski definition) is 2. The number of aromatic nitrogens is 2. The summed E-state index contributed by atoms with van der Waals surface area (Å²) in [6.45, 7) is -2.91. The Morgan fingerprint density at radius 3 is 2.96 bits per heavy atom. The van der Waals surface area contributed by atoms with Crippen molar-refractivity contribution < 1.29 is 26.7 Å². The lowest BCUT2D eigenvalue weighted by Gasteiger charge is -2.09. The number of alkyl halides is 2. The van der Waals surface area contributed by atoms with Crippen molar-refractivity contribution in [3.63, 3.8) is 0 Å². The van der Waals surface area contributed by atoms with E-state index in [9.17, 15) is 22.0 Å². The third kappa shape index (κ3) is 4.82. The number of hydrogen-bond acceptors (Lipinski definition) is 6. The summed E-state index contributed by atoms with van der Waals surface area (Å²) in [6.07, 6.45) is 0.427. The zero-order valence-corrected chi connectivity index (χ0v) is 14.5. The zero-order chi connectivity index (χ0) is 18.0. The molecule has 7 nitrogen and oxygen atoms in total. The number of benzene rings is 1. The lowest BCUT2D eigenvalue weighted by molar-refractivity contribution is -0.119. The molecule has 0 aliphatic carbocycles. The van der Waals surface area contributed by atoms with Crippen molar-refractivity contribution >= 4 is 38.5 Å². The number of carbonyl (C=O) groups is 1. The number of fused-ring (bicyclic) bond motifs is 1. The van der Waals surface area contributed by atoms with E-state index < -0.39 is 16.4 Å². The number of thioether (sulfide) groups is 1. The van der Waals surface area contributed by atoms with Crippen LogP contribution in [-0.2, 0) is 14.6 Å². The van der Waals surface area contributed by atoms with Crippen molar-refractivity contribution in [2.45, 2.75) is 24.2 Å². The number of nitrogens with zero attached hydrogens (tertiary/aromatic N) is 1. The number of nitrogens with one attached hydrogen (secondary N) is 2. The van der Waals surface area contributed by atoms with Gasteiger partial charge in [0, 0.05) is 12.1 Å². The van der Waals surface area contributed by atoms with Crippen LogP contribution in [0.2, 0.25) is 0 Å². The molecule has 1 amide bonds. The molecule has 11 heteroatoms. The third-order valence-corrected chi connectivity index (χ3v) is 6.24. The van der Waals surface area contributed by atoms with E-state index in [2.05, 4.69) is 20.0 Å². The standard InChI is InChI=1S/C14H15F2N3O4S2/c15-13(16)23-9-1-2-10-11(5-9)19-14(18-10)24-6-12(20)17-8-3-4-25(21,22)7-8/h1-2,5,8,13H,3-4,6-7H2,(H,17,20)(H,18,19). The van der Waals surface area contributed by atoms with Crippen molar-refractivity contribution in [3.05, 3.63) is 18.2 Å². The maximum Gasteiger partial charge on any atom is 0.387 e. The Morgan fingerprint density at radius 1 is 1.48 bits per heavy atom. The summed E-state index contributed by atoms with van der Waals surface area (Å²) in [4.78, 5) is 19.1. The summed E-state index contributed by atoms with van der Waals surface area (Å²) < 4.78 is 51.5. The molecule has 2 N–H and O–H groups in total. The zero-order valence-electron chi connectivity index (χ0n) is 12.9. The van der Waals surface area contributed by atoms with Crippen molar-refractivity contribution in [1.29, 1.82) is 0 Å². The Morgan fingerprint density at radius 2 is 2.28 bits per heavy atom. The van der Waals surface area contributed by atoms with Crippen LogP contribution in [0.15, 0.2) is 23.4 Å². The summed E-state index contributed by atoms with van der Waals surface area (Å²) in [5.41, 5.74) is 1.08. The average Bonchev–Trinajstić information content (AvgIpc) is 3.06. The highest BCUT2D eigenvalue weighted by Gasteiger charge is 2.28. The van der Waals surface area contributed by atoms with Crippen LogP contribution in [0.1, 0.15) is 6.42 Å². The van der Waals surface area contributed by atoms with Gasteiger partial charge in [0.05, 0.1) is 28.3 Å². The van der Waals surface area contributed by atoms with Crippen LogP contribution in [0.5, 0.6) is 5.75 Å². The molecule has 2 aromatic rings. The molecule has 1 aromatic heterocycles. The smallest absolute Gasteiger partial charge is 0.387 e.